The number of nitrogens with one attached hydrogen (secondary N) is 2. The Morgan fingerprint density at radius 3 is 2.52 bits per heavy atom. The van der Waals surface area contributed by atoms with Gasteiger partial charge in [0.05, 0.1) is 16.4 Å². The van der Waals surface area contributed by atoms with Gasteiger partial charge in [0.1, 0.15) is 6.07 Å². The van der Waals surface area contributed by atoms with Crippen molar-refractivity contribution in [2.45, 2.75) is 19.3 Å². The van der Waals surface area contributed by atoms with E-state index in [1.54, 1.807) is 23.5 Å². The molecule has 3 N–H and O–H groups in total. The van der Waals surface area contributed by atoms with Crippen LogP contribution >= 0.6 is 34.5 Å². The van der Waals surface area contributed by atoms with Gasteiger partial charge in [0.15, 0.2) is 0 Å². The Hall–Kier alpha value is -3.45. The van der Waals surface area contributed by atoms with Crippen LogP contribution in [-0.2, 0) is 11.2 Å². The van der Waals surface area contributed by atoms with Gasteiger partial charge in [0, 0.05) is 27.4 Å². The molecule has 1 atom stereocenters. The highest BCUT2D eigenvalue weighted by atomic mass is 35.5. The molecule has 11 heteroatoms. The number of nitrogens with zero attached hydrogens (tertiary/aromatic N) is 3. The van der Waals surface area contributed by atoms with Crippen molar-refractivity contribution in [2.24, 2.45) is 5.10 Å². The average Bonchev–Trinajstić information content (AvgIpc) is 3.22. The maximum atomic E-state index is 11.6. The fourth-order valence-corrected chi connectivity index (χ4v) is 4.83. The van der Waals surface area contributed by atoms with Gasteiger partial charge < -0.3 is 5.11 Å². The molecule has 3 aromatic rings. The Morgan fingerprint density at radius 1 is 1.24 bits per heavy atom. The summed E-state index contributed by atoms with van der Waals surface area (Å²) in [5.74, 6) is -1.19. The van der Waals surface area contributed by atoms with E-state index in [2.05, 4.69) is 10.5 Å². The highest BCUT2D eigenvalue weighted by Crippen LogP contribution is 2.37. The molecule has 1 aromatic heterocycles. The molecule has 0 fully saturated rings. The first kappa shape index (κ1) is 24.2. The second-order valence-electron chi connectivity index (χ2n) is 6.89. The van der Waals surface area contributed by atoms with E-state index in [0.29, 0.717) is 22.2 Å². The monoisotopic (exact) mass is 501 g/mol. The minimum atomic E-state index is -1.59. The van der Waals surface area contributed by atoms with Gasteiger partial charge in [-0.3, -0.25) is 15.5 Å². The predicted molar refractivity (Wildman–Crippen MR) is 129 cm³/mol. The van der Waals surface area contributed by atoms with Gasteiger partial charge in [0.25, 0.3) is 5.91 Å². The SMILES string of the molecule is CC(Cc1nc(-c2ccccc2)cs1)c1c(Cl)cc(NN=C(C#N)C(=O)NC(=O)O)cc1Cl. The maximum absolute atomic E-state index is 11.6. The molecule has 0 aliphatic carbocycles. The highest BCUT2D eigenvalue weighted by molar-refractivity contribution is 7.09. The zero-order valence-corrected chi connectivity index (χ0v) is 19.5. The van der Waals surface area contributed by atoms with Crippen LogP contribution in [0.25, 0.3) is 11.3 Å². The van der Waals surface area contributed by atoms with Crippen molar-refractivity contribution in [1.29, 1.82) is 5.26 Å². The van der Waals surface area contributed by atoms with Gasteiger partial charge in [-0.25, -0.2) is 9.78 Å². The summed E-state index contributed by atoms with van der Waals surface area (Å²) in [6.07, 6.45) is -0.959. The molecule has 0 aliphatic heterocycles. The number of hydrogen-bond acceptors (Lipinski definition) is 7. The first-order valence-corrected chi connectivity index (χ1v) is 11.2. The number of aromatic nitrogens is 1. The summed E-state index contributed by atoms with van der Waals surface area (Å²) in [5.41, 5.74) is 4.86. The molecular weight excluding hydrogens is 485 g/mol. The summed E-state index contributed by atoms with van der Waals surface area (Å²) >= 11 is 14.5. The van der Waals surface area contributed by atoms with E-state index in [1.165, 1.54) is 11.4 Å². The van der Waals surface area contributed by atoms with Crippen LogP contribution in [0.5, 0.6) is 0 Å². The Bertz CT molecular complexity index is 1230. The quantitative estimate of drug-likeness (QED) is 0.287. The molecule has 0 radical (unpaired) electrons. The minimum absolute atomic E-state index is 0.0339. The second kappa shape index (κ2) is 10.9. The molecule has 0 bridgehead atoms. The number of carbonyl (C=O) groups excluding carboxylic acids is 1. The average molecular weight is 502 g/mol. The maximum Gasteiger partial charge on any atom is 0.411 e. The summed E-state index contributed by atoms with van der Waals surface area (Å²) < 4.78 is 0. The van der Waals surface area contributed by atoms with Crippen LogP contribution in [0.2, 0.25) is 10.0 Å². The van der Waals surface area contributed by atoms with E-state index in [4.69, 9.17) is 38.6 Å². The van der Waals surface area contributed by atoms with E-state index in [1.807, 2.05) is 42.6 Å². The van der Waals surface area contributed by atoms with Crippen LogP contribution in [0, 0.1) is 11.3 Å². The summed E-state index contributed by atoms with van der Waals surface area (Å²) in [5, 5.41) is 26.5. The second-order valence-corrected chi connectivity index (χ2v) is 8.65. The van der Waals surface area contributed by atoms with Crippen molar-refractivity contribution < 1.29 is 14.7 Å². The van der Waals surface area contributed by atoms with Crippen LogP contribution in [0.3, 0.4) is 0 Å². The number of amides is 2. The molecule has 0 saturated carbocycles. The zero-order chi connectivity index (χ0) is 24.0. The number of benzene rings is 2. The smallest absolute Gasteiger partial charge is 0.411 e. The largest absolute Gasteiger partial charge is 0.465 e. The Labute approximate surface area is 203 Å². The number of thiazole rings is 1. The van der Waals surface area contributed by atoms with Crippen molar-refractivity contribution in [3.05, 3.63) is 68.5 Å². The van der Waals surface area contributed by atoms with Crippen molar-refractivity contribution >= 4 is 57.9 Å². The number of rotatable bonds is 7. The van der Waals surface area contributed by atoms with E-state index in [0.717, 1.165) is 21.8 Å². The molecule has 1 heterocycles. The summed E-state index contributed by atoms with van der Waals surface area (Å²) in [4.78, 5) is 26.9. The number of hydrazone groups is 1. The lowest BCUT2D eigenvalue weighted by atomic mass is 9.97. The predicted octanol–water partition coefficient (Wildman–Crippen LogP) is 5.55. The fraction of sp³-hybridized carbons (Fsp3) is 0.136. The number of halogens is 2. The molecule has 168 valence electrons. The molecule has 0 saturated heterocycles. The van der Waals surface area contributed by atoms with Crippen LogP contribution < -0.4 is 10.7 Å². The lowest BCUT2D eigenvalue weighted by molar-refractivity contribution is -0.114. The summed E-state index contributed by atoms with van der Waals surface area (Å²) in [6, 6.07) is 14.5. The number of carbonyl (C=O) groups is 2. The van der Waals surface area contributed by atoms with Crippen LogP contribution in [0.1, 0.15) is 23.4 Å². The van der Waals surface area contributed by atoms with Gasteiger partial charge in [-0.1, -0.05) is 60.5 Å². The number of nitriles is 1. The van der Waals surface area contributed by atoms with Crippen molar-refractivity contribution in [3.63, 3.8) is 0 Å². The van der Waals surface area contributed by atoms with Crippen LogP contribution in [-0.4, -0.2) is 27.8 Å². The molecule has 1 unspecified atom stereocenters. The fourth-order valence-electron chi connectivity index (χ4n) is 3.03. The van der Waals surface area contributed by atoms with Crippen molar-refractivity contribution in [2.75, 3.05) is 5.43 Å². The van der Waals surface area contributed by atoms with E-state index in [-0.39, 0.29) is 5.92 Å². The zero-order valence-electron chi connectivity index (χ0n) is 17.2. The molecule has 8 nitrogen and oxygen atoms in total. The lowest BCUT2D eigenvalue weighted by Crippen LogP contribution is -2.34. The van der Waals surface area contributed by atoms with Gasteiger partial charge in [-0.15, -0.1) is 11.3 Å². The lowest BCUT2D eigenvalue weighted by Gasteiger charge is -2.16. The first-order chi connectivity index (χ1) is 15.8. The molecule has 2 amide bonds. The van der Waals surface area contributed by atoms with Gasteiger partial charge in [-0.05, 0) is 23.6 Å². The van der Waals surface area contributed by atoms with Crippen LogP contribution in [0.4, 0.5) is 10.5 Å². The number of anilines is 1. The third-order valence-electron chi connectivity index (χ3n) is 4.51. The third kappa shape index (κ3) is 6.29. The highest BCUT2D eigenvalue weighted by Gasteiger charge is 2.18. The Morgan fingerprint density at radius 2 is 1.91 bits per heavy atom. The first-order valence-electron chi connectivity index (χ1n) is 9.55. The van der Waals surface area contributed by atoms with Gasteiger partial charge in [-0.2, -0.15) is 10.4 Å². The number of imide groups is 1. The Balaban J connectivity index is 1.74. The van der Waals surface area contributed by atoms with Crippen molar-refractivity contribution in [1.82, 2.24) is 10.3 Å². The van der Waals surface area contributed by atoms with E-state index >= 15 is 0 Å². The topological polar surface area (TPSA) is 127 Å². The normalized spacial score (nSPS) is 12.0. The minimum Gasteiger partial charge on any atom is -0.465 e. The number of carboxylic acid groups (broad SMARTS) is 1. The van der Waals surface area contributed by atoms with Gasteiger partial charge in [0.2, 0.25) is 5.71 Å². The van der Waals surface area contributed by atoms with E-state index in [9.17, 15) is 9.59 Å². The molecule has 2 aromatic carbocycles. The molecular formula is C22H17Cl2N5O3S. The standard InChI is InChI=1S/C22H17Cl2N5O3S/c1-12(7-19-26-18(11-33-19)13-5-3-2-4-6-13)20-15(23)8-14(9-16(20)24)28-29-17(10-25)21(30)27-22(31)32/h2-6,8-9,11-12,28H,7H2,1H3,(H,27,30)(H,31,32). The molecule has 3 rings (SSSR count). The number of hydrogen-bond donors (Lipinski definition) is 3. The van der Waals surface area contributed by atoms with Crippen LogP contribution in [0.15, 0.2) is 52.9 Å². The molecule has 33 heavy (non-hydrogen) atoms. The van der Waals surface area contributed by atoms with Gasteiger partial charge >= 0.3 is 6.09 Å². The summed E-state index contributed by atoms with van der Waals surface area (Å²) in [6.45, 7) is 1.99. The summed E-state index contributed by atoms with van der Waals surface area (Å²) in [7, 11) is 0. The third-order valence-corrected chi connectivity index (χ3v) is 6.01. The van der Waals surface area contributed by atoms with E-state index < -0.39 is 17.7 Å². The molecule has 0 spiro atoms. The van der Waals surface area contributed by atoms with Crippen molar-refractivity contribution in [3.8, 4) is 17.3 Å². The Kier molecular flexibility index (Phi) is 8.01. The molecule has 0 aliphatic rings.